The summed E-state index contributed by atoms with van der Waals surface area (Å²) < 4.78 is 11.3. The van der Waals surface area contributed by atoms with Crippen molar-refractivity contribution in [2.45, 2.75) is 0 Å². The summed E-state index contributed by atoms with van der Waals surface area (Å²) in [7, 11) is 1.58. The molecule has 0 saturated carbocycles. The smallest absolute Gasteiger partial charge is 0.270 e. The zero-order valence-corrected chi connectivity index (χ0v) is 19.3. The molecule has 3 aromatic carbocycles. The maximum atomic E-state index is 13.0. The Morgan fingerprint density at radius 2 is 1.73 bits per heavy atom. The number of rotatable bonds is 7. The van der Waals surface area contributed by atoms with Crippen LogP contribution in [-0.4, -0.2) is 29.9 Å². The number of nitrogens with one attached hydrogen (secondary N) is 1. The van der Waals surface area contributed by atoms with Gasteiger partial charge in [-0.25, -0.2) is 0 Å². The molecule has 0 atom stereocenters. The van der Waals surface area contributed by atoms with Gasteiger partial charge >= 0.3 is 0 Å². The zero-order chi connectivity index (χ0) is 23.2. The third kappa shape index (κ3) is 5.42. The third-order valence-corrected chi connectivity index (χ3v) is 6.05. The minimum absolute atomic E-state index is 0.179. The highest BCUT2D eigenvalue weighted by Gasteiger charge is 2.33. The number of hydrogen-bond donors (Lipinski definition) is 1. The largest absolute Gasteiger partial charge is 0.497 e. The molecule has 1 saturated heterocycles. The molecule has 0 radical (unpaired) electrons. The van der Waals surface area contributed by atoms with Crippen LogP contribution in [-0.2, 0) is 9.59 Å². The number of amides is 2. The summed E-state index contributed by atoms with van der Waals surface area (Å²) in [6, 6.07) is 23.5. The van der Waals surface area contributed by atoms with Crippen LogP contribution in [0, 0.1) is 0 Å². The van der Waals surface area contributed by atoms with Crippen LogP contribution >= 0.6 is 24.0 Å². The van der Waals surface area contributed by atoms with Gasteiger partial charge in [-0.1, -0.05) is 60.4 Å². The normalized spacial score (nSPS) is 14.5. The Morgan fingerprint density at radius 3 is 2.45 bits per heavy atom. The predicted octanol–water partition coefficient (Wildman–Crippen LogP) is 5.12. The van der Waals surface area contributed by atoms with Crippen LogP contribution in [0.25, 0.3) is 6.08 Å². The fourth-order valence-electron chi connectivity index (χ4n) is 3.15. The van der Waals surface area contributed by atoms with Gasteiger partial charge in [0.15, 0.2) is 10.9 Å². The number of carbonyl (C=O) groups is 2. The topological polar surface area (TPSA) is 67.9 Å². The summed E-state index contributed by atoms with van der Waals surface area (Å²) in [5.74, 6) is 0.705. The van der Waals surface area contributed by atoms with Gasteiger partial charge in [0, 0.05) is 11.3 Å². The van der Waals surface area contributed by atoms with Crippen LogP contribution in [0.3, 0.4) is 0 Å². The van der Waals surface area contributed by atoms with E-state index in [4.69, 9.17) is 21.7 Å². The first-order chi connectivity index (χ1) is 16.0. The molecule has 2 amide bonds. The first kappa shape index (κ1) is 22.6. The van der Waals surface area contributed by atoms with Crippen LogP contribution in [0.2, 0.25) is 0 Å². The molecule has 3 aromatic rings. The number of anilines is 2. The van der Waals surface area contributed by atoms with Crippen molar-refractivity contribution in [1.29, 1.82) is 0 Å². The second-order valence-electron chi connectivity index (χ2n) is 6.96. The van der Waals surface area contributed by atoms with Crippen molar-refractivity contribution >= 4 is 57.6 Å². The molecule has 1 fully saturated rings. The second-order valence-corrected chi connectivity index (χ2v) is 8.63. The second kappa shape index (κ2) is 10.3. The van der Waals surface area contributed by atoms with Crippen molar-refractivity contribution in [3.8, 4) is 11.5 Å². The number of carbonyl (C=O) groups excluding carboxylic acids is 2. The van der Waals surface area contributed by atoms with Gasteiger partial charge in [0.2, 0.25) is 0 Å². The summed E-state index contributed by atoms with van der Waals surface area (Å²) in [5, 5.41) is 2.78. The summed E-state index contributed by atoms with van der Waals surface area (Å²) in [5.41, 5.74) is 2.05. The van der Waals surface area contributed by atoms with Crippen molar-refractivity contribution in [3.63, 3.8) is 0 Å². The first-order valence-corrected chi connectivity index (χ1v) is 11.3. The molecule has 1 aliphatic heterocycles. The molecule has 0 spiro atoms. The fourth-order valence-corrected chi connectivity index (χ4v) is 4.44. The van der Waals surface area contributed by atoms with E-state index in [0.29, 0.717) is 32.0 Å². The lowest BCUT2D eigenvalue weighted by molar-refractivity contribution is -0.118. The summed E-state index contributed by atoms with van der Waals surface area (Å²) in [6.45, 7) is -0.179. The van der Waals surface area contributed by atoms with Gasteiger partial charge in [0.25, 0.3) is 11.8 Å². The van der Waals surface area contributed by atoms with E-state index in [1.165, 1.54) is 16.7 Å². The highest BCUT2D eigenvalue weighted by Crippen LogP contribution is 2.37. The Hall–Kier alpha value is -3.62. The van der Waals surface area contributed by atoms with Crippen molar-refractivity contribution in [3.05, 3.63) is 89.3 Å². The molecule has 0 bridgehead atoms. The van der Waals surface area contributed by atoms with E-state index < -0.39 is 0 Å². The van der Waals surface area contributed by atoms with E-state index in [-0.39, 0.29) is 18.4 Å². The van der Waals surface area contributed by atoms with Crippen molar-refractivity contribution < 1.29 is 19.1 Å². The summed E-state index contributed by atoms with van der Waals surface area (Å²) in [6.07, 6.45) is 1.74. The molecule has 1 N–H and O–H groups in total. The number of methoxy groups -OCH3 is 1. The highest BCUT2D eigenvalue weighted by molar-refractivity contribution is 8.27. The molecule has 33 heavy (non-hydrogen) atoms. The molecule has 4 rings (SSSR count). The minimum atomic E-state index is -0.301. The molecule has 6 nitrogen and oxygen atoms in total. The standard InChI is InChI=1S/C25H20N2O4S2/c1-30-20-13-11-18(12-14-20)26-23(28)16-31-21-10-6-5-7-17(21)15-22-24(29)27(25(32)33-22)19-8-3-2-4-9-19/h2-15H,16H2,1H3,(H,26,28)/b22-15-. The molecule has 0 aliphatic carbocycles. The van der Waals surface area contributed by atoms with Gasteiger partial charge in [0.1, 0.15) is 11.5 Å². The monoisotopic (exact) mass is 476 g/mol. The average Bonchev–Trinajstić information content (AvgIpc) is 3.12. The Labute approximate surface area is 201 Å². The number of ether oxygens (including phenoxy) is 2. The molecular weight excluding hydrogens is 456 g/mol. The van der Waals surface area contributed by atoms with Gasteiger partial charge < -0.3 is 14.8 Å². The zero-order valence-electron chi connectivity index (χ0n) is 17.7. The number of thioether (sulfide) groups is 1. The van der Waals surface area contributed by atoms with Gasteiger partial charge in [-0.2, -0.15) is 0 Å². The molecular formula is C25H20N2O4S2. The molecule has 0 aromatic heterocycles. The maximum absolute atomic E-state index is 13.0. The molecule has 0 unspecified atom stereocenters. The minimum Gasteiger partial charge on any atom is -0.497 e. The molecule has 1 heterocycles. The number of nitrogens with zero attached hydrogens (tertiary/aromatic N) is 1. The highest BCUT2D eigenvalue weighted by atomic mass is 32.2. The Balaban J connectivity index is 1.45. The lowest BCUT2D eigenvalue weighted by Gasteiger charge is -2.14. The Bertz CT molecular complexity index is 1210. The fraction of sp³-hybridized carbons (Fsp3) is 0.0800. The summed E-state index contributed by atoms with van der Waals surface area (Å²) >= 11 is 6.66. The quantitative estimate of drug-likeness (QED) is 0.377. The van der Waals surface area contributed by atoms with Crippen LogP contribution in [0.1, 0.15) is 5.56 Å². The Morgan fingerprint density at radius 1 is 1.03 bits per heavy atom. The number of benzene rings is 3. The van der Waals surface area contributed by atoms with Gasteiger partial charge in [-0.3, -0.25) is 14.5 Å². The third-order valence-electron chi connectivity index (χ3n) is 4.75. The lowest BCUT2D eigenvalue weighted by Crippen LogP contribution is -2.27. The number of para-hydroxylation sites is 2. The van der Waals surface area contributed by atoms with Crippen LogP contribution in [0.5, 0.6) is 11.5 Å². The molecule has 1 aliphatic rings. The van der Waals surface area contributed by atoms with E-state index in [1.807, 2.05) is 48.5 Å². The van der Waals surface area contributed by atoms with Crippen molar-refractivity contribution in [2.24, 2.45) is 0 Å². The molecule has 8 heteroatoms. The maximum Gasteiger partial charge on any atom is 0.270 e. The van der Waals surface area contributed by atoms with Gasteiger partial charge in [0.05, 0.1) is 17.7 Å². The van der Waals surface area contributed by atoms with E-state index in [9.17, 15) is 9.59 Å². The lowest BCUT2D eigenvalue weighted by atomic mass is 10.2. The average molecular weight is 477 g/mol. The van der Waals surface area contributed by atoms with E-state index >= 15 is 0 Å². The van der Waals surface area contributed by atoms with Gasteiger partial charge in [-0.15, -0.1) is 0 Å². The Kier molecular flexibility index (Phi) is 7.07. The van der Waals surface area contributed by atoms with E-state index in [2.05, 4.69) is 5.32 Å². The summed E-state index contributed by atoms with van der Waals surface area (Å²) in [4.78, 5) is 27.3. The predicted molar refractivity (Wildman–Crippen MR) is 136 cm³/mol. The van der Waals surface area contributed by atoms with Crippen LogP contribution in [0.15, 0.2) is 83.8 Å². The first-order valence-electron chi connectivity index (χ1n) is 10.0. The SMILES string of the molecule is COc1ccc(NC(=O)COc2ccccc2/C=C2\SC(=S)N(c3ccccc3)C2=O)cc1. The van der Waals surface area contributed by atoms with Gasteiger partial charge in [-0.05, 0) is 48.5 Å². The number of hydrogen-bond acceptors (Lipinski definition) is 6. The van der Waals surface area contributed by atoms with E-state index in [1.54, 1.807) is 43.5 Å². The van der Waals surface area contributed by atoms with Crippen LogP contribution in [0.4, 0.5) is 11.4 Å². The number of thiocarbonyl (C=S) groups is 1. The van der Waals surface area contributed by atoms with Crippen molar-refractivity contribution in [1.82, 2.24) is 0 Å². The van der Waals surface area contributed by atoms with Crippen LogP contribution < -0.4 is 19.7 Å². The molecule has 166 valence electrons. The van der Waals surface area contributed by atoms with Crippen molar-refractivity contribution in [2.75, 3.05) is 23.9 Å². The van der Waals surface area contributed by atoms with E-state index in [0.717, 1.165) is 5.69 Å².